The smallest absolute Gasteiger partial charge is 0.317 e. The fourth-order valence-electron chi connectivity index (χ4n) is 1.66. The Balaban J connectivity index is 2.18. The summed E-state index contributed by atoms with van der Waals surface area (Å²) in [6.45, 7) is 1.53. The largest absolute Gasteiger partial charge is 0.374 e. The van der Waals surface area contributed by atoms with Gasteiger partial charge in [-0.3, -0.25) is 0 Å². The zero-order valence-corrected chi connectivity index (χ0v) is 8.05. The molecule has 4 heteroatoms. The number of urea groups is 1. The first-order valence-corrected chi connectivity index (χ1v) is 4.93. The standard InChI is InChI=1S/C9H18N2O2/c1-7(12)10-9(13)11-8-5-3-2-4-6-8/h7-8,12H,2-6H2,1H3,(H2,10,11,13). The number of amides is 2. The summed E-state index contributed by atoms with van der Waals surface area (Å²) in [5.74, 6) is 0. The summed E-state index contributed by atoms with van der Waals surface area (Å²) >= 11 is 0. The molecule has 1 aliphatic carbocycles. The van der Waals surface area contributed by atoms with Crippen molar-refractivity contribution in [2.45, 2.75) is 51.3 Å². The first-order valence-electron chi connectivity index (χ1n) is 4.93. The number of aliphatic hydroxyl groups is 1. The van der Waals surface area contributed by atoms with Gasteiger partial charge in [0.15, 0.2) is 0 Å². The van der Waals surface area contributed by atoms with E-state index in [1.807, 2.05) is 0 Å². The van der Waals surface area contributed by atoms with E-state index in [9.17, 15) is 4.79 Å². The number of carbonyl (C=O) groups excluding carboxylic acids is 1. The highest BCUT2D eigenvalue weighted by Gasteiger charge is 2.15. The summed E-state index contributed by atoms with van der Waals surface area (Å²) in [6.07, 6.45) is 5.01. The minimum Gasteiger partial charge on any atom is -0.374 e. The van der Waals surface area contributed by atoms with Crippen LogP contribution in [0.1, 0.15) is 39.0 Å². The van der Waals surface area contributed by atoms with E-state index < -0.39 is 6.23 Å². The molecule has 76 valence electrons. The van der Waals surface area contributed by atoms with Crippen molar-refractivity contribution in [2.24, 2.45) is 0 Å². The number of rotatable bonds is 2. The third kappa shape index (κ3) is 4.12. The Morgan fingerprint density at radius 2 is 2.00 bits per heavy atom. The van der Waals surface area contributed by atoms with Crippen LogP contribution in [0.15, 0.2) is 0 Å². The lowest BCUT2D eigenvalue weighted by molar-refractivity contribution is 0.155. The zero-order chi connectivity index (χ0) is 9.68. The van der Waals surface area contributed by atoms with Crippen molar-refractivity contribution in [3.8, 4) is 0 Å². The second-order valence-electron chi connectivity index (χ2n) is 3.63. The van der Waals surface area contributed by atoms with Gasteiger partial charge in [-0.1, -0.05) is 19.3 Å². The fourth-order valence-corrected chi connectivity index (χ4v) is 1.66. The van der Waals surface area contributed by atoms with Crippen LogP contribution in [0.3, 0.4) is 0 Å². The second kappa shape index (κ2) is 5.07. The van der Waals surface area contributed by atoms with Crippen LogP contribution >= 0.6 is 0 Å². The molecule has 1 unspecified atom stereocenters. The van der Waals surface area contributed by atoms with Gasteiger partial charge in [-0.25, -0.2) is 4.79 Å². The van der Waals surface area contributed by atoms with Crippen molar-refractivity contribution in [3.05, 3.63) is 0 Å². The number of carbonyl (C=O) groups is 1. The molecule has 1 fully saturated rings. The quantitative estimate of drug-likeness (QED) is 0.562. The molecule has 1 aliphatic rings. The molecule has 0 heterocycles. The molecule has 2 amide bonds. The molecule has 4 nitrogen and oxygen atoms in total. The Bertz CT molecular complexity index is 165. The lowest BCUT2D eigenvalue weighted by atomic mass is 9.96. The molecular formula is C9H18N2O2. The van der Waals surface area contributed by atoms with Gasteiger partial charge in [0.25, 0.3) is 0 Å². The van der Waals surface area contributed by atoms with Gasteiger partial charge in [0.2, 0.25) is 0 Å². The Kier molecular flexibility index (Phi) is 4.02. The molecule has 0 bridgehead atoms. The van der Waals surface area contributed by atoms with E-state index in [0.29, 0.717) is 6.04 Å². The van der Waals surface area contributed by atoms with Crippen LogP contribution in [0.25, 0.3) is 0 Å². The van der Waals surface area contributed by atoms with E-state index in [0.717, 1.165) is 12.8 Å². The molecule has 1 saturated carbocycles. The van der Waals surface area contributed by atoms with Crippen molar-refractivity contribution < 1.29 is 9.90 Å². The fraction of sp³-hybridized carbons (Fsp3) is 0.889. The number of hydrogen-bond acceptors (Lipinski definition) is 2. The SMILES string of the molecule is CC(O)NC(=O)NC1CCCCC1. The topological polar surface area (TPSA) is 61.4 Å². The number of nitrogens with one attached hydrogen (secondary N) is 2. The van der Waals surface area contributed by atoms with Crippen LogP contribution in [0.5, 0.6) is 0 Å². The maximum Gasteiger partial charge on any atom is 0.317 e. The zero-order valence-electron chi connectivity index (χ0n) is 8.05. The van der Waals surface area contributed by atoms with Gasteiger partial charge in [0.05, 0.1) is 0 Å². The van der Waals surface area contributed by atoms with Crippen molar-refractivity contribution in [2.75, 3.05) is 0 Å². The van der Waals surface area contributed by atoms with Crippen molar-refractivity contribution in [1.82, 2.24) is 10.6 Å². The molecule has 13 heavy (non-hydrogen) atoms. The summed E-state index contributed by atoms with van der Waals surface area (Å²) < 4.78 is 0. The van der Waals surface area contributed by atoms with Gasteiger partial charge in [-0.15, -0.1) is 0 Å². The highest BCUT2D eigenvalue weighted by Crippen LogP contribution is 2.16. The van der Waals surface area contributed by atoms with Gasteiger partial charge in [0.1, 0.15) is 6.23 Å². The third-order valence-corrected chi connectivity index (χ3v) is 2.28. The van der Waals surface area contributed by atoms with Crippen molar-refractivity contribution in [3.63, 3.8) is 0 Å². The Morgan fingerprint density at radius 3 is 2.54 bits per heavy atom. The van der Waals surface area contributed by atoms with Gasteiger partial charge < -0.3 is 15.7 Å². The lowest BCUT2D eigenvalue weighted by Gasteiger charge is -2.23. The minimum atomic E-state index is -0.774. The summed E-state index contributed by atoms with van der Waals surface area (Å²) in [6, 6.07) is 0.0365. The molecule has 0 aromatic heterocycles. The molecule has 3 N–H and O–H groups in total. The molecule has 0 aromatic carbocycles. The summed E-state index contributed by atoms with van der Waals surface area (Å²) in [4.78, 5) is 11.1. The van der Waals surface area contributed by atoms with Gasteiger partial charge in [0, 0.05) is 6.04 Å². The van der Waals surface area contributed by atoms with Gasteiger partial charge in [-0.2, -0.15) is 0 Å². The van der Waals surface area contributed by atoms with Crippen LogP contribution in [0.4, 0.5) is 4.79 Å². The maximum absolute atomic E-state index is 11.1. The summed E-state index contributed by atoms with van der Waals surface area (Å²) in [5.41, 5.74) is 0. The van der Waals surface area contributed by atoms with Crippen LogP contribution in [-0.2, 0) is 0 Å². The van der Waals surface area contributed by atoms with Crippen molar-refractivity contribution in [1.29, 1.82) is 0 Å². The Morgan fingerprint density at radius 1 is 1.38 bits per heavy atom. The Hall–Kier alpha value is -0.770. The molecule has 0 spiro atoms. The van der Waals surface area contributed by atoms with Crippen LogP contribution in [-0.4, -0.2) is 23.4 Å². The normalized spacial score (nSPS) is 20.8. The van der Waals surface area contributed by atoms with E-state index in [1.165, 1.54) is 26.2 Å². The number of aliphatic hydroxyl groups excluding tert-OH is 1. The van der Waals surface area contributed by atoms with E-state index in [4.69, 9.17) is 5.11 Å². The molecule has 0 radical (unpaired) electrons. The lowest BCUT2D eigenvalue weighted by Crippen LogP contribution is -2.45. The third-order valence-electron chi connectivity index (χ3n) is 2.28. The Labute approximate surface area is 78.7 Å². The molecule has 0 saturated heterocycles. The summed E-state index contributed by atoms with van der Waals surface area (Å²) in [5, 5.41) is 14.1. The van der Waals surface area contributed by atoms with Gasteiger partial charge in [-0.05, 0) is 19.8 Å². The monoisotopic (exact) mass is 186 g/mol. The predicted octanol–water partition coefficient (Wildman–Crippen LogP) is 0.957. The average Bonchev–Trinajstić information content (AvgIpc) is 2.04. The first-order chi connectivity index (χ1) is 6.18. The average molecular weight is 186 g/mol. The minimum absolute atomic E-state index is 0.262. The molecule has 1 rings (SSSR count). The predicted molar refractivity (Wildman–Crippen MR) is 50.2 cm³/mol. The highest BCUT2D eigenvalue weighted by atomic mass is 16.3. The first kappa shape index (κ1) is 10.3. The second-order valence-corrected chi connectivity index (χ2v) is 3.63. The van der Waals surface area contributed by atoms with Gasteiger partial charge >= 0.3 is 6.03 Å². The van der Waals surface area contributed by atoms with E-state index in [2.05, 4.69) is 10.6 Å². The summed E-state index contributed by atoms with van der Waals surface area (Å²) in [7, 11) is 0. The maximum atomic E-state index is 11.1. The molecule has 0 aromatic rings. The van der Waals surface area contributed by atoms with Crippen LogP contribution in [0.2, 0.25) is 0 Å². The van der Waals surface area contributed by atoms with E-state index in [1.54, 1.807) is 0 Å². The van der Waals surface area contributed by atoms with Crippen LogP contribution < -0.4 is 10.6 Å². The number of hydrogen-bond donors (Lipinski definition) is 3. The molecule has 1 atom stereocenters. The molecular weight excluding hydrogens is 168 g/mol. The highest BCUT2D eigenvalue weighted by molar-refractivity contribution is 5.74. The van der Waals surface area contributed by atoms with E-state index >= 15 is 0 Å². The van der Waals surface area contributed by atoms with E-state index in [-0.39, 0.29) is 6.03 Å². The van der Waals surface area contributed by atoms with Crippen LogP contribution in [0, 0.1) is 0 Å². The molecule has 0 aliphatic heterocycles. The van der Waals surface area contributed by atoms with Crippen molar-refractivity contribution >= 4 is 6.03 Å².